The fraction of sp³-hybridized carbons (Fsp3) is 0.643. The molecule has 1 aliphatic heterocycles. The van der Waals surface area contributed by atoms with Gasteiger partial charge in [0.25, 0.3) is 0 Å². The summed E-state index contributed by atoms with van der Waals surface area (Å²) in [5.74, 6) is 0.933. The summed E-state index contributed by atoms with van der Waals surface area (Å²) in [6.45, 7) is 5.83. The van der Waals surface area contributed by atoms with Crippen molar-refractivity contribution < 1.29 is 4.39 Å². The van der Waals surface area contributed by atoms with Crippen molar-refractivity contribution in [1.82, 2.24) is 10.3 Å². The number of rotatable bonds is 3. The normalized spacial score (nSPS) is 24.3. The first-order chi connectivity index (χ1) is 8.65. The Labute approximate surface area is 108 Å². The van der Waals surface area contributed by atoms with Gasteiger partial charge < -0.3 is 10.2 Å². The van der Waals surface area contributed by atoms with Crippen LogP contribution >= 0.6 is 0 Å². The number of hydrogen-bond donors (Lipinski definition) is 1. The van der Waals surface area contributed by atoms with Crippen LogP contribution in [0.3, 0.4) is 0 Å². The van der Waals surface area contributed by atoms with Gasteiger partial charge in [0, 0.05) is 30.9 Å². The molecule has 2 heterocycles. The van der Waals surface area contributed by atoms with E-state index >= 15 is 0 Å². The van der Waals surface area contributed by atoms with Crippen molar-refractivity contribution in [2.75, 3.05) is 18.5 Å². The van der Waals surface area contributed by atoms with Gasteiger partial charge in [-0.15, -0.1) is 0 Å². The molecular formula is C14H22FN3. The van der Waals surface area contributed by atoms with Gasteiger partial charge in [-0.3, -0.25) is 0 Å². The molecule has 0 spiro atoms. The molecule has 2 rings (SSSR count). The maximum Gasteiger partial charge on any atom is 0.170 e. The van der Waals surface area contributed by atoms with E-state index in [0.717, 1.165) is 13.0 Å². The summed E-state index contributed by atoms with van der Waals surface area (Å²) in [4.78, 5) is 6.37. The second kappa shape index (κ2) is 5.65. The van der Waals surface area contributed by atoms with Crippen LogP contribution in [0.4, 0.5) is 10.2 Å². The molecular weight excluding hydrogens is 229 g/mol. The molecule has 2 atom stereocenters. The van der Waals surface area contributed by atoms with Crippen LogP contribution in [0.1, 0.15) is 32.3 Å². The summed E-state index contributed by atoms with van der Waals surface area (Å²) in [6, 6.07) is 2.10. The molecule has 1 aliphatic rings. The van der Waals surface area contributed by atoms with E-state index in [1.54, 1.807) is 12.3 Å². The molecule has 3 nitrogen and oxygen atoms in total. The Morgan fingerprint density at radius 2 is 2.28 bits per heavy atom. The number of hydrogen-bond acceptors (Lipinski definition) is 3. The van der Waals surface area contributed by atoms with Gasteiger partial charge in [-0.2, -0.15) is 0 Å². The van der Waals surface area contributed by atoms with Crippen LogP contribution in [0.25, 0.3) is 0 Å². The van der Waals surface area contributed by atoms with Gasteiger partial charge in [-0.25, -0.2) is 9.37 Å². The molecule has 1 N–H and O–H groups in total. The van der Waals surface area contributed by atoms with Crippen molar-refractivity contribution in [3.8, 4) is 0 Å². The lowest BCUT2D eigenvalue weighted by molar-refractivity contribution is 0.357. The third-order valence-corrected chi connectivity index (χ3v) is 3.96. The summed E-state index contributed by atoms with van der Waals surface area (Å²) in [6.07, 6.45) is 4.04. The summed E-state index contributed by atoms with van der Waals surface area (Å²) in [5.41, 5.74) is 0.688. The van der Waals surface area contributed by atoms with Crippen LogP contribution in [-0.4, -0.2) is 24.6 Å². The highest BCUT2D eigenvalue weighted by Crippen LogP contribution is 2.29. The van der Waals surface area contributed by atoms with Crippen molar-refractivity contribution in [3.63, 3.8) is 0 Å². The SMILES string of the molecule is CNCc1ccnc(N2CCCC(C)C2C)c1F. The first-order valence-electron chi connectivity index (χ1n) is 6.69. The lowest BCUT2D eigenvalue weighted by atomic mass is 9.92. The predicted molar refractivity (Wildman–Crippen MR) is 72.2 cm³/mol. The highest BCUT2D eigenvalue weighted by Gasteiger charge is 2.28. The summed E-state index contributed by atoms with van der Waals surface area (Å²) < 4.78 is 14.4. The molecule has 18 heavy (non-hydrogen) atoms. The second-order valence-corrected chi connectivity index (χ2v) is 5.19. The molecule has 0 radical (unpaired) electrons. The zero-order valence-corrected chi connectivity index (χ0v) is 11.4. The maximum atomic E-state index is 14.4. The quantitative estimate of drug-likeness (QED) is 0.895. The van der Waals surface area contributed by atoms with Gasteiger partial charge in [0.05, 0.1) is 0 Å². The monoisotopic (exact) mass is 251 g/mol. The highest BCUT2D eigenvalue weighted by atomic mass is 19.1. The minimum atomic E-state index is -0.173. The van der Waals surface area contributed by atoms with Gasteiger partial charge >= 0.3 is 0 Å². The van der Waals surface area contributed by atoms with Crippen molar-refractivity contribution in [2.45, 2.75) is 39.3 Å². The van der Waals surface area contributed by atoms with Crippen LogP contribution in [0.15, 0.2) is 12.3 Å². The number of piperidine rings is 1. The van der Waals surface area contributed by atoms with E-state index in [1.807, 2.05) is 7.05 Å². The number of pyridine rings is 1. The van der Waals surface area contributed by atoms with E-state index in [9.17, 15) is 4.39 Å². The van der Waals surface area contributed by atoms with Gasteiger partial charge in [0.2, 0.25) is 0 Å². The lowest BCUT2D eigenvalue weighted by Crippen LogP contribution is -2.43. The molecule has 0 saturated carbocycles. The van der Waals surface area contributed by atoms with E-state index in [4.69, 9.17) is 0 Å². The standard InChI is InChI=1S/C14H22FN3/c1-10-5-4-8-18(11(10)2)14-13(15)12(9-16-3)6-7-17-14/h6-7,10-11,16H,4-5,8-9H2,1-3H3. The van der Waals surface area contributed by atoms with Gasteiger partial charge in [0.1, 0.15) is 0 Å². The van der Waals surface area contributed by atoms with Gasteiger partial charge in [-0.1, -0.05) is 6.92 Å². The minimum absolute atomic E-state index is 0.173. The summed E-state index contributed by atoms with van der Waals surface area (Å²) in [5, 5.41) is 2.99. The van der Waals surface area contributed by atoms with Crippen LogP contribution in [-0.2, 0) is 6.54 Å². The first kappa shape index (κ1) is 13.3. The molecule has 1 saturated heterocycles. The molecule has 1 fully saturated rings. The van der Waals surface area contributed by atoms with E-state index in [0.29, 0.717) is 29.9 Å². The summed E-state index contributed by atoms with van der Waals surface area (Å²) >= 11 is 0. The Bertz CT molecular complexity index is 408. The number of aromatic nitrogens is 1. The van der Waals surface area contributed by atoms with Crippen molar-refractivity contribution >= 4 is 5.82 Å². The number of nitrogens with zero attached hydrogens (tertiary/aromatic N) is 2. The maximum absolute atomic E-state index is 14.4. The number of anilines is 1. The van der Waals surface area contributed by atoms with E-state index < -0.39 is 0 Å². The lowest BCUT2D eigenvalue weighted by Gasteiger charge is -2.39. The molecule has 0 aromatic carbocycles. The van der Waals surface area contributed by atoms with Crippen LogP contribution in [0, 0.1) is 11.7 Å². The van der Waals surface area contributed by atoms with Crippen molar-refractivity contribution in [3.05, 3.63) is 23.6 Å². The molecule has 0 amide bonds. The Balaban J connectivity index is 2.29. The van der Waals surface area contributed by atoms with Crippen molar-refractivity contribution in [1.29, 1.82) is 0 Å². The largest absolute Gasteiger partial charge is 0.351 e. The van der Waals surface area contributed by atoms with Crippen molar-refractivity contribution in [2.24, 2.45) is 5.92 Å². The molecule has 1 aromatic heterocycles. The zero-order valence-electron chi connectivity index (χ0n) is 11.4. The van der Waals surface area contributed by atoms with Crippen LogP contribution in [0.5, 0.6) is 0 Å². The molecule has 2 unspecified atom stereocenters. The minimum Gasteiger partial charge on any atom is -0.351 e. The first-order valence-corrected chi connectivity index (χ1v) is 6.69. The highest BCUT2D eigenvalue weighted by molar-refractivity contribution is 5.44. The number of halogens is 1. The fourth-order valence-electron chi connectivity index (χ4n) is 2.63. The average Bonchev–Trinajstić information content (AvgIpc) is 2.36. The fourth-order valence-corrected chi connectivity index (χ4v) is 2.63. The van der Waals surface area contributed by atoms with E-state index in [2.05, 4.69) is 29.0 Å². The zero-order chi connectivity index (χ0) is 13.1. The Kier molecular flexibility index (Phi) is 4.17. The Morgan fingerprint density at radius 3 is 3.00 bits per heavy atom. The second-order valence-electron chi connectivity index (χ2n) is 5.19. The molecule has 100 valence electrons. The third kappa shape index (κ3) is 2.48. The van der Waals surface area contributed by atoms with Gasteiger partial charge in [0.15, 0.2) is 11.6 Å². The van der Waals surface area contributed by atoms with Crippen LogP contribution < -0.4 is 10.2 Å². The Hall–Kier alpha value is -1.16. The van der Waals surface area contributed by atoms with E-state index in [-0.39, 0.29) is 5.82 Å². The predicted octanol–water partition coefficient (Wildman–Crippen LogP) is 2.56. The molecule has 0 aliphatic carbocycles. The number of nitrogens with one attached hydrogen (secondary N) is 1. The van der Waals surface area contributed by atoms with E-state index in [1.165, 1.54) is 6.42 Å². The average molecular weight is 251 g/mol. The molecule has 4 heteroatoms. The molecule has 1 aromatic rings. The van der Waals surface area contributed by atoms with Gasteiger partial charge in [-0.05, 0) is 38.8 Å². The smallest absolute Gasteiger partial charge is 0.170 e. The third-order valence-electron chi connectivity index (χ3n) is 3.96. The van der Waals surface area contributed by atoms with Crippen LogP contribution in [0.2, 0.25) is 0 Å². The topological polar surface area (TPSA) is 28.2 Å². The Morgan fingerprint density at radius 1 is 1.50 bits per heavy atom. The summed E-state index contributed by atoms with van der Waals surface area (Å²) in [7, 11) is 1.82. The molecule has 0 bridgehead atoms.